The molecule has 1 N–H and O–H groups in total. The maximum Gasteiger partial charge on any atom is 0.241 e. The lowest BCUT2D eigenvalue weighted by Crippen LogP contribution is -2.44. The molecule has 28 heavy (non-hydrogen) atoms. The van der Waals surface area contributed by atoms with E-state index in [4.69, 9.17) is 5.26 Å². The molecule has 0 aromatic heterocycles. The molecule has 0 bridgehead atoms. The molecule has 3 rings (SSSR count). The van der Waals surface area contributed by atoms with Crippen molar-refractivity contribution in [3.63, 3.8) is 0 Å². The number of benzene rings is 2. The van der Waals surface area contributed by atoms with Gasteiger partial charge < -0.3 is 10.2 Å². The van der Waals surface area contributed by atoms with E-state index in [0.29, 0.717) is 16.8 Å². The molecule has 1 unspecified atom stereocenters. The van der Waals surface area contributed by atoms with Crippen molar-refractivity contribution in [2.75, 3.05) is 36.4 Å². The highest BCUT2D eigenvalue weighted by atomic mass is 19.1. The molecule has 1 aliphatic rings. The minimum atomic E-state index is -0.321. The smallest absolute Gasteiger partial charge is 0.241 e. The fourth-order valence-electron chi connectivity index (χ4n) is 3.41. The Morgan fingerprint density at radius 2 is 1.89 bits per heavy atom. The van der Waals surface area contributed by atoms with E-state index in [-0.39, 0.29) is 17.8 Å². The summed E-state index contributed by atoms with van der Waals surface area (Å²) >= 11 is 0. The van der Waals surface area contributed by atoms with Gasteiger partial charge in [0.05, 0.1) is 17.7 Å². The number of aryl methyl sites for hydroxylation is 1. The van der Waals surface area contributed by atoms with Gasteiger partial charge in [0.25, 0.3) is 0 Å². The minimum absolute atomic E-state index is 0.130. The van der Waals surface area contributed by atoms with Crippen molar-refractivity contribution < 1.29 is 9.18 Å². The van der Waals surface area contributed by atoms with Crippen molar-refractivity contribution in [3.05, 3.63) is 59.4 Å². The van der Waals surface area contributed by atoms with Crippen LogP contribution in [0.25, 0.3) is 0 Å². The largest absolute Gasteiger partial charge is 0.370 e. The van der Waals surface area contributed by atoms with Crippen LogP contribution in [0.1, 0.15) is 24.5 Å². The highest BCUT2D eigenvalue weighted by Gasteiger charge is 2.24. The number of nitrogens with zero attached hydrogens (tertiary/aromatic N) is 3. The van der Waals surface area contributed by atoms with Gasteiger partial charge in [-0.2, -0.15) is 5.26 Å². The molecule has 1 saturated heterocycles. The van der Waals surface area contributed by atoms with Crippen LogP contribution in [0.15, 0.2) is 42.5 Å². The van der Waals surface area contributed by atoms with Crippen molar-refractivity contribution in [1.29, 1.82) is 5.26 Å². The van der Waals surface area contributed by atoms with Crippen LogP contribution in [0.2, 0.25) is 0 Å². The first-order valence-corrected chi connectivity index (χ1v) is 9.54. The number of rotatable bonds is 4. The Balaban J connectivity index is 1.59. The summed E-state index contributed by atoms with van der Waals surface area (Å²) in [4.78, 5) is 17.1. The Kier molecular flexibility index (Phi) is 6.27. The first-order valence-electron chi connectivity index (χ1n) is 9.54. The number of nitriles is 1. The van der Waals surface area contributed by atoms with Gasteiger partial charge in [0, 0.05) is 37.6 Å². The molecule has 6 heteroatoms. The van der Waals surface area contributed by atoms with Crippen LogP contribution in [0.3, 0.4) is 0 Å². The van der Waals surface area contributed by atoms with Gasteiger partial charge in [-0.05, 0) is 62.2 Å². The maximum absolute atomic E-state index is 13.7. The average Bonchev–Trinajstić information content (AvgIpc) is 2.96. The SMILES string of the molecule is Cc1ccc(NC(=O)C(C)N2CCCN(c3ccc(C#N)cc3)CC2)cc1F. The maximum atomic E-state index is 13.7. The van der Waals surface area contributed by atoms with Crippen molar-refractivity contribution in [2.45, 2.75) is 26.3 Å². The second-order valence-electron chi connectivity index (χ2n) is 7.16. The summed E-state index contributed by atoms with van der Waals surface area (Å²) in [7, 11) is 0. The summed E-state index contributed by atoms with van der Waals surface area (Å²) in [6, 6.07) is 14.2. The van der Waals surface area contributed by atoms with Crippen LogP contribution in [0, 0.1) is 24.1 Å². The van der Waals surface area contributed by atoms with E-state index < -0.39 is 0 Å². The van der Waals surface area contributed by atoms with Crippen molar-refractivity contribution in [3.8, 4) is 6.07 Å². The summed E-state index contributed by atoms with van der Waals surface area (Å²) in [6.45, 7) is 6.88. The van der Waals surface area contributed by atoms with Gasteiger partial charge in [0.15, 0.2) is 0 Å². The molecule has 2 aromatic rings. The number of hydrogen-bond acceptors (Lipinski definition) is 4. The van der Waals surface area contributed by atoms with Crippen molar-refractivity contribution in [1.82, 2.24) is 4.90 Å². The number of carbonyl (C=O) groups excluding carboxylic acids is 1. The fraction of sp³-hybridized carbons (Fsp3) is 0.364. The Hall–Kier alpha value is -2.91. The van der Waals surface area contributed by atoms with E-state index in [1.54, 1.807) is 19.1 Å². The number of hydrogen-bond donors (Lipinski definition) is 1. The summed E-state index contributed by atoms with van der Waals surface area (Å²) in [5.74, 6) is -0.451. The zero-order valence-electron chi connectivity index (χ0n) is 16.3. The number of carbonyl (C=O) groups is 1. The van der Waals surface area contributed by atoms with Crippen LogP contribution < -0.4 is 10.2 Å². The first kappa shape index (κ1) is 19.8. The van der Waals surface area contributed by atoms with E-state index in [9.17, 15) is 9.18 Å². The molecule has 0 saturated carbocycles. The lowest BCUT2D eigenvalue weighted by atomic mass is 10.2. The summed E-state index contributed by atoms with van der Waals surface area (Å²) in [5, 5.41) is 11.8. The summed E-state index contributed by atoms with van der Waals surface area (Å²) in [6.07, 6.45) is 0.941. The Labute approximate surface area is 165 Å². The van der Waals surface area contributed by atoms with Gasteiger partial charge in [-0.25, -0.2) is 4.39 Å². The Morgan fingerprint density at radius 3 is 2.57 bits per heavy atom. The third kappa shape index (κ3) is 4.68. The predicted molar refractivity (Wildman–Crippen MR) is 109 cm³/mol. The van der Waals surface area contributed by atoms with Gasteiger partial charge in [-0.3, -0.25) is 9.69 Å². The van der Waals surface area contributed by atoms with Gasteiger partial charge >= 0.3 is 0 Å². The molecule has 1 fully saturated rings. The number of anilines is 2. The van der Waals surface area contributed by atoms with E-state index >= 15 is 0 Å². The molecule has 146 valence electrons. The van der Waals surface area contributed by atoms with Gasteiger partial charge in [-0.1, -0.05) is 6.07 Å². The molecule has 2 aromatic carbocycles. The average molecular weight is 380 g/mol. The molecule has 0 radical (unpaired) electrons. The molecule has 0 aliphatic carbocycles. The van der Waals surface area contributed by atoms with Crippen LogP contribution in [0.5, 0.6) is 0 Å². The fourth-order valence-corrected chi connectivity index (χ4v) is 3.41. The Morgan fingerprint density at radius 1 is 1.14 bits per heavy atom. The lowest BCUT2D eigenvalue weighted by molar-refractivity contribution is -0.120. The molecule has 1 amide bonds. The molecular formula is C22H25FN4O. The molecule has 1 aliphatic heterocycles. The van der Waals surface area contributed by atoms with E-state index in [0.717, 1.165) is 38.3 Å². The molecular weight excluding hydrogens is 355 g/mol. The normalized spacial score (nSPS) is 16.1. The first-order chi connectivity index (χ1) is 13.5. The van der Waals surface area contributed by atoms with Gasteiger partial charge in [0.1, 0.15) is 5.82 Å². The van der Waals surface area contributed by atoms with Crippen LogP contribution in [0.4, 0.5) is 15.8 Å². The van der Waals surface area contributed by atoms with Gasteiger partial charge in [-0.15, -0.1) is 0 Å². The zero-order valence-corrected chi connectivity index (χ0v) is 16.3. The third-order valence-electron chi connectivity index (χ3n) is 5.26. The molecule has 1 atom stereocenters. The van der Waals surface area contributed by atoms with Crippen LogP contribution in [-0.2, 0) is 4.79 Å². The molecule has 1 heterocycles. The second-order valence-corrected chi connectivity index (χ2v) is 7.16. The van der Waals surface area contributed by atoms with Crippen molar-refractivity contribution >= 4 is 17.3 Å². The van der Waals surface area contributed by atoms with Crippen LogP contribution in [-0.4, -0.2) is 43.0 Å². The lowest BCUT2D eigenvalue weighted by Gasteiger charge is -2.27. The highest BCUT2D eigenvalue weighted by Crippen LogP contribution is 2.19. The quantitative estimate of drug-likeness (QED) is 0.881. The topological polar surface area (TPSA) is 59.4 Å². The monoisotopic (exact) mass is 380 g/mol. The number of nitrogens with one attached hydrogen (secondary N) is 1. The van der Waals surface area contributed by atoms with Crippen LogP contribution >= 0.6 is 0 Å². The standard InChI is InChI=1S/C22H25FN4O/c1-16-4-7-19(14-21(16)23)25-22(28)17(2)26-10-3-11-27(13-12-26)20-8-5-18(15-24)6-9-20/h4-9,14,17H,3,10-13H2,1-2H3,(H,25,28). The predicted octanol–water partition coefficient (Wildman–Crippen LogP) is 3.55. The third-order valence-corrected chi connectivity index (χ3v) is 5.26. The number of amides is 1. The van der Waals surface area contributed by atoms with E-state index in [1.807, 2.05) is 31.2 Å². The Bertz CT molecular complexity index is 875. The highest BCUT2D eigenvalue weighted by molar-refractivity contribution is 5.94. The zero-order chi connectivity index (χ0) is 20.1. The van der Waals surface area contributed by atoms with E-state index in [2.05, 4.69) is 21.2 Å². The second kappa shape index (κ2) is 8.85. The molecule has 5 nitrogen and oxygen atoms in total. The van der Waals surface area contributed by atoms with Gasteiger partial charge in [0.2, 0.25) is 5.91 Å². The van der Waals surface area contributed by atoms with Crippen molar-refractivity contribution in [2.24, 2.45) is 0 Å². The summed E-state index contributed by atoms with van der Waals surface area (Å²) in [5.41, 5.74) is 2.78. The van der Waals surface area contributed by atoms with E-state index in [1.165, 1.54) is 6.07 Å². The minimum Gasteiger partial charge on any atom is -0.370 e. The number of halogens is 1. The molecule has 0 spiro atoms. The summed E-state index contributed by atoms with van der Waals surface area (Å²) < 4.78 is 13.7.